The van der Waals surface area contributed by atoms with E-state index in [2.05, 4.69) is 23.5 Å². The number of likely N-dealkylation sites (N-methyl/N-ethyl adjacent to an activating group) is 1. The summed E-state index contributed by atoms with van der Waals surface area (Å²) in [4.78, 5) is 5.74. The molecule has 0 amide bonds. The fourth-order valence-corrected chi connectivity index (χ4v) is 2.72. The maximum absolute atomic E-state index is 13.3. The van der Waals surface area contributed by atoms with Gasteiger partial charge in [-0.2, -0.15) is 13.2 Å². The van der Waals surface area contributed by atoms with Gasteiger partial charge in [-0.3, -0.25) is 5.41 Å². The van der Waals surface area contributed by atoms with Crippen LogP contribution in [0.2, 0.25) is 0 Å². The van der Waals surface area contributed by atoms with Gasteiger partial charge in [-0.25, -0.2) is 4.98 Å². The number of aromatic nitrogens is 1. The van der Waals surface area contributed by atoms with Crippen molar-refractivity contribution >= 4 is 5.84 Å². The minimum absolute atomic E-state index is 0.0484. The third-order valence-electron chi connectivity index (χ3n) is 4.18. The molecule has 2 N–H and O–H groups in total. The highest BCUT2D eigenvalue weighted by molar-refractivity contribution is 5.98. The minimum atomic E-state index is -4.54. The van der Waals surface area contributed by atoms with E-state index in [-0.39, 0.29) is 23.7 Å². The third kappa shape index (κ3) is 4.96. The standard InChI is InChI=1S/C18H17F3N4O.C3H6/c1-10-13(17(22)25(3)11(2)23-10)9-12-6-7-14(18(19,20)21)16(24-12)15-5-4-8-26-15;1-3-2/h4-8,22-23H,2,9H2,1,3H3;3H,1H2,2H3. The van der Waals surface area contributed by atoms with Crippen molar-refractivity contribution in [3.05, 3.63) is 78.1 Å². The van der Waals surface area contributed by atoms with Crippen molar-refractivity contribution in [2.45, 2.75) is 26.4 Å². The summed E-state index contributed by atoms with van der Waals surface area (Å²) < 4.78 is 45.0. The number of allylic oxidation sites excluding steroid dienone is 2. The van der Waals surface area contributed by atoms with Gasteiger partial charge in [-0.1, -0.05) is 12.7 Å². The van der Waals surface area contributed by atoms with Gasteiger partial charge in [0, 0.05) is 30.4 Å². The summed E-state index contributed by atoms with van der Waals surface area (Å²) in [5.74, 6) is 0.840. The highest BCUT2D eigenvalue weighted by Crippen LogP contribution is 2.36. The molecular formula is C21H23F3N4O. The number of nitrogens with zero attached hydrogens (tertiary/aromatic N) is 2. The summed E-state index contributed by atoms with van der Waals surface area (Å²) in [6, 6.07) is 5.27. The van der Waals surface area contributed by atoms with Gasteiger partial charge in [-0.05, 0) is 38.1 Å². The molecule has 0 fully saturated rings. The molecule has 2 aromatic rings. The molecule has 0 unspecified atom stereocenters. The maximum Gasteiger partial charge on any atom is 0.418 e. The SMILES string of the molecule is C=C1NC(C)=C(Cc2ccc(C(F)(F)F)c(-c3ccco3)n2)C(=N)N1C.C=CC. The van der Waals surface area contributed by atoms with E-state index in [1.807, 2.05) is 6.92 Å². The molecule has 8 heteroatoms. The van der Waals surface area contributed by atoms with Gasteiger partial charge in [0.15, 0.2) is 5.76 Å². The fraction of sp³-hybridized carbons (Fsp3) is 0.238. The fourth-order valence-electron chi connectivity index (χ4n) is 2.72. The van der Waals surface area contributed by atoms with Crippen molar-refractivity contribution in [2.75, 3.05) is 7.05 Å². The lowest BCUT2D eigenvalue weighted by Gasteiger charge is -2.31. The van der Waals surface area contributed by atoms with Crippen LogP contribution >= 0.6 is 0 Å². The zero-order valence-corrected chi connectivity index (χ0v) is 16.5. The van der Waals surface area contributed by atoms with Crippen LogP contribution in [0.15, 0.2) is 71.3 Å². The summed E-state index contributed by atoms with van der Waals surface area (Å²) in [6.07, 6.45) is -1.28. The minimum Gasteiger partial charge on any atom is -0.463 e. The van der Waals surface area contributed by atoms with Gasteiger partial charge in [-0.15, -0.1) is 6.58 Å². The van der Waals surface area contributed by atoms with Crippen molar-refractivity contribution in [1.29, 1.82) is 5.41 Å². The Morgan fingerprint density at radius 3 is 2.52 bits per heavy atom. The van der Waals surface area contributed by atoms with E-state index >= 15 is 0 Å². The number of furan rings is 1. The number of alkyl halides is 3. The molecule has 0 bridgehead atoms. The molecule has 0 aromatic carbocycles. The molecule has 3 rings (SSSR count). The van der Waals surface area contributed by atoms with Crippen molar-refractivity contribution < 1.29 is 17.6 Å². The number of amidine groups is 1. The average molecular weight is 404 g/mol. The predicted molar refractivity (Wildman–Crippen MR) is 107 cm³/mol. The average Bonchev–Trinajstić information content (AvgIpc) is 3.18. The molecule has 0 aliphatic carbocycles. The topological polar surface area (TPSA) is 65.2 Å². The molecule has 1 aliphatic rings. The maximum atomic E-state index is 13.3. The van der Waals surface area contributed by atoms with Crippen LogP contribution < -0.4 is 5.32 Å². The predicted octanol–water partition coefficient (Wildman–Crippen LogP) is 5.35. The van der Waals surface area contributed by atoms with Crippen LogP contribution in [0.4, 0.5) is 13.2 Å². The summed E-state index contributed by atoms with van der Waals surface area (Å²) in [6.45, 7) is 10.9. The third-order valence-corrected chi connectivity index (χ3v) is 4.18. The molecule has 5 nitrogen and oxygen atoms in total. The van der Waals surface area contributed by atoms with Crippen molar-refractivity contribution in [3.63, 3.8) is 0 Å². The summed E-state index contributed by atoms with van der Waals surface area (Å²) >= 11 is 0. The first kappa shape index (κ1) is 22.0. The first-order chi connectivity index (χ1) is 13.6. The molecule has 0 radical (unpaired) electrons. The first-order valence-electron chi connectivity index (χ1n) is 8.76. The van der Waals surface area contributed by atoms with Gasteiger partial charge in [0.2, 0.25) is 0 Å². The van der Waals surface area contributed by atoms with E-state index in [1.165, 1.54) is 24.5 Å². The van der Waals surface area contributed by atoms with E-state index < -0.39 is 11.7 Å². The largest absolute Gasteiger partial charge is 0.463 e. The van der Waals surface area contributed by atoms with Crippen LogP contribution in [0.1, 0.15) is 25.1 Å². The number of nitrogens with one attached hydrogen (secondary N) is 2. The Bertz CT molecular complexity index is 943. The van der Waals surface area contributed by atoms with Gasteiger partial charge in [0.1, 0.15) is 17.4 Å². The zero-order valence-electron chi connectivity index (χ0n) is 16.5. The van der Waals surface area contributed by atoms with Crippen LogP contribution in [-0.4, -0.2) is 22.8 Å². The highest BCUT2D eigenvalue weighted by atomic mass is 19.4. The Hall–Kier alpha value is -3.29. The van der Waals surface area contributed by atoms with Crippen LogP contribution in [0.3, 0.4) is 0 Å². The molecule has 2 aromatic heterocycles. The van der Waals surface area contributed by atoms with Crippen molar-refractivity contribution in [3.8, 4) is 11.5 Å². The van der Waals surface area contributed by atoms with Gasteiger partial charge in [0.05, 0.1) is 11.8 Å². The molecule has 29 heavy (non-hydrogen) atoms. The van der Waals surface area contributed by atoms with Crippen LogP contribution in [0, 0.1) is 5.41 Å². The van der Waals surface area contributed by atoms with Crippen LogP contribution in [-0.2, 0) is 12.6 Å². The normalized spacial score (nSPS) is 14.3. The number of rotatable bonds is 3. The van der Waals surface area contributed by atoms with Crippen molar-refractivity contribution in [1.82, 2.24) is 15.2 Å². The van der Waals surface area contributed by atoms with Crippen LogP contribution in [0.5, 0.6) is 0 Å². The van der Waals surface area contributed by atoms with Crippen molar-refractivity contribution in [2.24, 2.45) is 0 Å². The van der Waals surface area contributed by atoms with E-state index in [0.717, 1.165) is 11.8 Å². The number of halogens is 3. The lowest BCUT2D eigenvalue weighted by molar-refractivity contribution is -0.137. The quantitative estimate of drug-likeness (QED) is 0.677. The Kier molecular flexibility index (Phi) is 6.68. The Labute approximate surface area is 167 Å². The van der Waals surface area contributed by atoms with E-state index in [1.54, 1.807) is 24.9 Å². The van der Waals surface area contributed by atoms with Gasteiger partial charge < -0.3 is 14.6 Å². The van der Waals surface area contributed by atoms with E-state index in [4.69, 9.17) is 9.83 Å². The Balaban J connectivity index is 0.000000941. The monoisotopic (exact) mass is 404 g/mol. The lowest BCUT2D eigenvalue weighted by atomic mass is 10.0. The second kappa shape index (κ2) is 8.81. The number of hydrogen-bond donors (Lipinski definition) is 2. The molecule has 0 spiro atoms. The number of pyridine rings is 1. The Morgan fingerprint density at radius 2 is 1.97 bits per heavy atom. The summed E-state index contributed by atoms with van der Waals surface area (Å²) in [7, 11) is 1.69. The molecule has 3 heterocycles. The molecule has 1 aliphatic heterocycles. The first-order valence-corrected chi connectivity index (χ1v) is 8.76. The van der Waals surface area contributed by atoms with E-state index in [0.29, 0.717) is 17.1 Å². The second-order valence-corrected chi connectivity index (χ2v) is 6.34. The lowest BCUT2D eigenvalue weighted by Crippen LogP contribution is -2.39. The van der Waals surface area contributed by atoms with Gasteiger partial charge in [0.25, 0.3) is 0 Å². The van der Waals surface area contributed by atoms with Gasteiger partial charge >= 0.3 is 6.18 Å². The molecule has 154 valence electrons. The Morgan fingerprint density at radius 1 is 1.31 bits per heavy atom. The summed E-state index contributed by atoms with van der Waals surface area (Å²) in [5.41, 5.74) is 0.652. The zero-order chi connectivity index (χ0) is 21.8. The number of hydrogen-bond acceptors (Lipinski definition) is 4. The summed E-state index contributed by atoms with van der Waals surface area (Å²) in [5, 5.41) is 11.3. The smallest absolute Gasteiger partial charge is 0.418 e. The van der Waals surface area contributed by atoms with E-state index in [9.17, 15) is 13.2 Å². The second-order valence-electron chi connectivity index (χ2n) is 6.34. The molecule has 0 saturated heterocycles. The highest BCUT2D eigenvalue weighted by Gasteiger charge is 2.35. The molecule has 0 saturated carbocycles. The molecular weight excluding hydrogens is 381 g/mol. The van der Waals surface area contributed by atoms with Crippen LogP contribution in [0.25, 0.3) is 11.5 Å². The molecule has 0 atom stereocenters.